The van der Waals surface area contributed by atoms with Crippen LogP contribution in [0.15, 0.2) is 60.4 Å². The van der Waals surface area contributed by atoms with Gasteiger partial charge in [0.05, 0.1) is 5.69 Å². The van der Waals surface area contributed by atoms with Crippen molar-refractivity contribution in [2.24, 2.45) is 4.99 Å². The Hall–Kier alpha value is -1.83. The molecule has 1 aromatic heterocycles. The van der Waals surface area contributed by atoms with Crippen molar-refractivity contribution in [3.63, 3.8) is 0 Å². The fraction of sp³-hybridized carbons (Fsp3) is 0.250. The highest BCUT2D eigenvalue weighted by Crippen LogP contribution is 2.08. The van der Waals surface area contributed by atoms with Crippen LogP contribution in [-0.4, -0.2) is 35.9 Å². The number of halogens is 1. The molecule has 0 amide bonds. The summed E-state index contributed by atoms with van der Waals surface area (Å²) in [6.07, 6.45) is 6.46. The quantitative estimate of drug-likeness (QED) is 0.332. The van der Waals surface area contributed by atoms with Crippen LogP contribution in [0.5, 0.6) is 0 Å². The van der Waals surface area contributed by atoms with Crippen LogP contribution in [0.3, 0.4) is 0 Å². The van der Waals surface area contributed by atoms with Gasteiger partial charge in [-0.15, -0.1) is 30.6 Å². The molecule has 0 radical (unpaired) electrons. The number of hydrogen-bond donors (Lipinski definition) is 2. The summed E-state index contributed by atoms with van der Waals surface area (Å²) in [4.78, 5) is 4.14. The van der Waals surface area contributed by atoms with Crippen molar-refractivity contribution in [3.8, 4) is 5.69 Å². The second kappa shape index (κ2) is 9.99. The predicted octanol–water partition coefficient (Wildman–Crippen LogP) is 2.38. The first-order chi connectivity index (χ1) is 10.3. The van der Waals surface area contributed by atoms with Crippen LogP contribution in [-0.2, 0) is 6.42 Å². The smallest absolute Gasteiger partial charge is 0.191 e. The number of rotatable bonds is 6. The van der Waals surface area contributed by atoms with E-state index in [4.69, 9.17) is 0 Å². The van der Waals surface area contributed by atoms with Crippen LogP contribution >= 0.6 is 24.0 Å². The van der Waals surface area contributed by atoms with E-state index in [0.717, 1.165) is 24.6 Å². The van der Waals surface area contributed by atoms with Crippen molar-refractivity contribution in [1.82, 2.24) is 20.4 Å². The van der Waals surface area contributed by atoms with Crippen molar-refractivity contribution in [2.75, 3.05) is 20.1 Å². The largest absolute Gasteiger partial charge is 0.356 e. The van der Waals surface area contributed by atoms with Gasteiger partial charge in [-0.1, -0.05) is 18.2 Å². The average molecular weight is 411 g/mol. The lowest BCUT2D eigenvalue weighted by molar-refractivity contribution is 0.820. The number of hydrogen-bond acceptors (Lipinski definition) is 2. The molecule has 0 saturated heterocycles. The second-order valence-electron chi connectivity index (χ2n) is 4.54. The topological polar surface area (TPSA) is 54.2 Å². The molecule has 0 aliphatic heterocycles. The van der Waals surface area contributed by atoms with E-state index in [1.165, 1.54) is 5.56 Å². The molecule has 1 aromatic carbocycles. The Morgan fingerprint density at radius 1 is 1.32 bits per heavy atom. The minimum Gasteiger partial charge on any atom is -0.356 e. The van der Waals surface area contributed by atoms with Gasteiger partial charge >= 0.3 is 0 Å². The molecule has 0 fully saturated rings. The third kappa shape index (κ3) is 5.51. The number of benzene rings is 1. The van der Waals surface area contributed by atoms with Crippen LogP contribution in [0.25, 0.3) is 5.69 Å². The predicted molar refractivity (Wildman–Crippen MR) is 102 cm³/mol. The first kappa shape index (κ1) is 18.2. The normalized spacial score (nSPS) is 10.7. The highest BCUT2D eigenvalue weighted by Gasteiger charge is 1.99. The fourth-order valence-electron chi connectivity index (χ4n) is 1.95. The molecule has 2 aromatic rings. The number of nitrogens with one attached hydrogen (secondary N) is 2. The summed E-state index contributed by atoms with van der Waals surface area (Å²) in [5.41, 5.74) is 2.35. The molecule has 6 heteroatoms. The molecule has 0 spiro atoms. The van der Waals surface area contributed by atoms with Crippen LogP contribution in [0.4, 0.5) is 0 Å². The molecule has 0 aliphatic carbocycles. The van der Waals surface area contributed by atoms with Crippen molar-refractivity contribution in [1.29, 1.82) is 0 Å². The summed E-state index contributed by atoms with van der Waals surface area (Å²) in [5, 5.41) is 10.6. The number of aliphatic imine (C=N–C) groups is 1. The average Bonchev–Trinajstić information content (AvgIpc) is 3.05. The van der Waals surface area contributed by atoms with Gasteiger partial charge in [-0.2, -0.15) is 5.10 Å². The molecular weight excluding hydrogens is 389 g/mol. The summed E-state index contributed by atoms with van der Waals surface area (Å²) in [5.74, 6) is 0.795. The van der Waals surface area contributed by atoms with E-state index < -0.39 is 0 Å². The summed E-state index contributed by atoms with van der Waals surface area (Å²) in [7, 11) is 1.76. The Morgan fingerprint density at radius 2 is 2.09 bits per heavy atom. The Kier molecular flexibility index (Phi) is 8.27. The third-order valence-corrected chi connectivity index (χ3v) is 3.05. The maximum Gasteiger partial charge on any atom is 0.191 e. The number of nitrogens with zero attached hydrogens (tertiary/aromatic N) is 3. The van der Waals surface area contributed by atoms with Gasteiger partial charge in [0, 0.05) is 32.5 Å². The maximum absolute atomic E-state index is 4.21. The van der Waals surface area contributed by atoms with Gasteiger partial charge in [0.1, 0.15) is 0 Å². The Bertz CT molecular complexity index is 575. The van der Waals surface area contributed by atoms with E-state index in [2.05, 4.69) is 51.6 Å². The molecule has 118 valence electrons. The van der Waals surface area contributed by atoms with Crippen LogP contribution in [0.2, 0.25) is 0 Å². The molecule has 0 saturated carbocycles. The molecular formula is C16H22IN5. The highest BCUT2D eigenvalue weighted by atomic mass is 127. The standard InChI is InChI=1S/C16H21N5.HI/c1-3-10-18-16(17-2)19-12-9-14-5-7-15(8-6-14)21-13-4-11-20-21;/h3-8,11,13H,1,9-10,12H2,2H3,(H2,17,18,19);1H. The highest BCUT2D eigenvalue weighted by molar-refractivity contribution is 14.0. The van der Waals surface area contributed by atoms with Gasteiger partial charge in [-0.25, -0.2) is 4.68 Å². The zero-order chi connectivity index (χ0) is 14.9. The van der Waals surface area contributed by atoms with Crippen LogP contribution < -0.4 is 10.6 Å². The van der Waals surface area contributed by atoms with E-state index in [0.29, 0.717) is 6.54 Å². The first-order valence-electron chi connectivity index (χ1n) is 6.98. The molecule has 0 aliphatic rings. The third-order valence-electron chi connectivity index (χ3n) is 3.05. The Labute approximate surface area is 148 Å². The van der Waals surface area contributed by atoms with E-state index >= 15 is 0 Å². The first-order valence-corrected chi connectivity index (χ1v) is 6.98. The minimum absolute atomic E-state index is 0. The summed E-state index contributed by atoms with van der Waals surface area (Å²) < 4.78 is 1.85. The molecule has 5 nitrogen and oxygen atoms in total. The lowest BCUT2D eigenvalue weighted by atomic mass is 10.1. The molecule has 0 bridgehead atoms. The molecule has 0 unspecified atom stereocenters. The van der Waals surface area contributed by atoms with Gasteiger partial charge in [-0.05, 0) is 30.2 Å². The van der Waals surface area contributed by atoms with E-state index in [1.807, 2.05) is 16.9 Å². The van der Waals surface area contributed by atoms with E-state index in [-0.39, 0.29) is 24.0 Å². The zero-order valence-electron chi connectivity index (χ0n) is 12.7. The Morgan fingerprint density at radius 3 is 2.68 bits per heavy atom. The SMILES string of the molecule is C=CCNC(=NC)NCCc1ccc(-n2cccn2)cc1.I. The number of aromatic nitrogens is 2. The van der Waals surface area contributed by atoms with Crippen molar-refractivity contribution >= 4 is 29.9 Å². The van der Waals surface area contributed by atoms with Gasteiger partial charge in [-0.3, -0.25) is 4.99 Å². The van der Waals surface area contributed by atoms with Gasteiger partial charge < -0.3 is 10.6 Å². The molecule has 22 heavy (non-hydrogen) atoms. The molecule has 2 N–H and O–H groups in total. The van der Waals surface area contributed by atoms with Gasteiger partial charge in [0.2, 0.25) is 0 Å². The summed E-state index contributed by atoms with van der Waals surface area (Å²) in [6.45, 7) is 5.21. The summed E-state index contributed by atoms with van der Waals surface area (Å²) in [6, 6.07) is 10.3. The van der Waals surface area contributed by atoms with Crippen LogP contribution in [0.1, 0.15) is 5.56 Å². The number of guanidine groups is 1. The van der Waals surface area contributed by atoms with Crippen molar-refractivity contribution in [2.45, 2.75) is 6.42 Å². The monoisotopic (exact) mass is 411 g/mol. The van der Waals surface area contributed by atoms with E-state index in [9.17, 15) is 0 Å². The zero-order valence-corrected chi connectivity index (χ0v) is 15.0. The fourth-order valence-corrected chi connectivity index (χ4v) is 1.95. The van der Waals surface area contributed by atoms with Gasteiger partial charge in [0.15, 0.2) is 5.96 Å². The van der Waals surface area contributed by atoms with Crippen LogP contribution in [0, 0.1) is 0 Å². The van der Waals surface area contributed by atoms with E-state index in [1.54, 1.807) is 19.3 Å². The van der Waals surface area contributed by atoms with Crippen molar-refractivity contribution < 1.29 is 0 Å². The lowest BCUT2D eigenvalue weighted by Gasteiger charge is -2.10. The van der Waals surface area contributed by atoms with Gasteiger partial charge in [0.25, 0.3) is 0 Å². The lowest BCUT2D eigenvalue weighted by Crippen LogP contribution is -2.38. The maximum atomic E-state index is 4.21. The Balaban J connectivity index is 0.00000242. The summed E-state index contributed by atoms with van der Waals surface area (Å²) >= 11 is 0. The second-order valence-corrected chi connectivity index (χ2v) is 4.54. The molecule has 0 atom stereocenters. The van der Waals surface area contributed by atoms with Crippen molar-refractivity contribution in [3.05, 3.63) is 60.9 Å². The minimum atomic E-state index is 0. The molecule has 2 rings (SSSR count). The molecule has 1 heterocycles.